The van der Waals surface area contributed by atoms with Crippen LogP contribution in [0.5, 0.6) is 0 Å². The lowest BCUT2D eigenvalue weighted by atomic mass is 9.86. The molecule has 10 aromatic carbocycles. The molecule has 53 heavy (non-hydrogen) atoms. The molecule has 0 atom stereocenters. The van der Waals surface area contributed by atoms with E-state index in [4.69, 9.17) is 4.98 Å². The minimum absolute atomic E-state index is 0.707. The Bertz CT molecular complexity index is 3410. The molecule has 244 valence electrons. The third kappa shape index (κ3) is 4.22. The van der Waals surface area contributed by atoms with Crippen LogP contribution in [0, 0.1) is 0 Å². The highest BCUT2D eigenvalue weighted by Crippen LogP contribution is 2.44. The van der Waals surface area contributed by atoms with Crippen LogP contribution in [0.25, 0.3) is 115 Å². The van der Waals surface area contributed by atoms with Gasteiger partial charge in [0, 0.05) is 24.2 Å². The average molecular weight is 672 g/mol. The van der Waals surface area contributed by atoms with E-state index in [9.17, 15) is 0 Å². The van der Waals surface area contributed by atoms with E-state index in [1.807, 2.05) is 22.9 Å². The molecule has 0 aliphatic rings. The number of fused-ring (bicyclic) bond motifs is 4. The van der Waals surface area contributed by atoms with Crippen molar-refractivity contribution < 1.29 is 0 Å². The lowest BCUT2D eigenvalue weighted by Crippen LogP contribution is -1.89. The lowest BCUT2D eigenvalue weighted by molar-refractivity contribution is 1.11. The number of nitrogens with zero attached hydrogens (tertiary/aromatic N) is 3. The molecule has 12 aromatic rings. The molecule has 0 amide bonds. The van der Waals surface area contributed by atoms with Gasteiger partial charge in [-0.1, -0.05) is 127 Å². The second-order valence-electron chi connectivity index (χ2n) is 14.3. The zero-order chi connectivity index (χ0) is 34.6. The molecule has 2 aromatic heterocycles. The molecule has 0 N–H and O–H groups in total. The molecular weight excluding hydrogens is 643 g/mol. The Kier molecular flexibility index (Phi) is 5.77. The second kappa shape index (κ2) is 10.7. The smallest absolute Gasteiger partial charge is 0.234 e. The van der Waals surface area contributed by atoms with Crippen molar-refractivity contribution >= 4 is 81.2 Å². The van der Waals surface area contributed by atoms with Crippen molar-refractivity contribution in [3.63, 3.8) is 0 Å². The maximum absolute atomic E-state index is 4.72. The van der Waals surface area contributed by atoms with Gasteiger partial charge in [-0.25, -0.2) is 9.97 Å². The van der Waals surface area contributed by atoms with Gasteiger partial charge in [0.2, 0.25) is 5.78 Å². The molecule has 0 fully saturated rings. The largest absolute Gasteiger partial charge is 0.291 e. The normalized spacial score (nSPS) is 12.2. The van der Waals surface area contributed by atoms with E-state index in [2.05, 4.69) is 157 Å². The molecule has 2 heterocycles. The summed E-state index contributed by atoms with van der Waals surface area (Å²) in [5.41, 5.74) is 6.84. The molecule has 0 aliphatic heterocycles. The quantitative estimate of drug-likeness (QED) is 0.175. The van der Waals surface area contributed by atoms with E-state index < -0.39 is 0 Å². The number of aromatic nitrogens is 3. The Morgan fingerprint density at radius 3 is 1.49 bits per heavy atom. The van der Waals surface area contributed by atoms with E-state index in [0.29, 0.717) is 5.78 Å². The summed E-state index contributed by atoms with van der Waals surface area (Å²) in [6.07, 6.45) is 5.79. The molecule has 0 bridgehead atoms. The van der Waals surface area contributed by atoms with Crippen LogP contribution in [-0.4, -0.2) is 14.4 Å². The predicted octanol–water partition coefficient (Wildman–Crippen LogP) is 13.2. The highest BCUT2D eigenvalue weighted by molar-refractivity contribution is 6.37. The number of hydrogen-bond donors (Lipinski definition) is 0. The van der Waals surface area contributed by atoms with Crippen molar-refractivity contribution in [2.24, 2.45) is 0 Å². The predicted molar refractivity (Wildman–Crippen MR) is 223 cm³/mol. The van der Waals surface area contributed by atoms with Crippen LogP contribution in [-0.2, 0) is 0 Å². The molecule has 0 saturated heterocycles. The van der Waals surface area contributed by atoms with Crippen molar-refractivity contribution in [1.29, 1.82) is 0 Å². The van der Waals surface area contributed by atoms with Crippen LogP contribution in [0.2, 0.25) is 0 Å². The summed E-state index contributed by atoms with van der Waals surface area (Å²) in [5.74, 6) is 0.707. The fraction of sp³-hybridized carbons (Fsp3) is 0. The zero-order valence-electron chi connectivity index (χ0n) is 28.6. The van der Waals surface area contributed by atoms with Crippen LogP contribution >= 0.6 is 0 Å². The third-order valence-corrected chi connectivity index (χ3v) is 11.3. The molecule has 0 saturated carbocycles. The van der Waals surface area contributed by atoms with Gasteiger partial charge in [-0.3, -0.25) is 4.40 Å². The summed E-state index contributed by atoms with van der Waals surface area (Å²) < 4.78 is 1.96. The maximum Gasteiger partial charge on any atom is 0.234 e. The van der Waals surface area contributed by atoms with Gasteiger partial charge in [-0.2, -0.15) is 0 Å². The highest BCUT2D eigenvalue weighted by Gasteiger charge is 2.16. The van der Waals surface area contributed by atoms with Crippen LogP contribution in [0.4, 0.5) is 0 Å². The topological polar surface area (TPSA) is 30.2 Å². The second-order valence-corrected chi connectivity index (χ2v) is 14.3. The fourth-order valence-corrected chi connectivity index (χ4v) is 8.86. The summed E-state index contributed by atoms with van der Waals surface area (Å²) in [5, 5.41) is 18.0. The Balaban J connectivity index is 1.01. The van der Waals surface area contributed by atoms with E-state index in [1.54, 1.807) is 6.20 Å². The van der Waals surface area contributed by atoms with Crippen molar-refractivity contribution in [3.05, 3.63) is 176 Å². The minimum Gasteiger partial charge on any atom is -0.291 e. The van der Waals surface area contributed by atoms with E-state index >= 15 is 0 Å². The van der Waals surface area contributed by atoms with Crippen molar-refractivity contribution in [2.75, 3.05) is 0 Å². The standard InChI is InChI=1S/C50H29N3/c1-5-32-15-16-33-7-3-10-43-44-28-40(27-39-22-17-34-6-2-9-42(47(34)49(39)44)41(8-1)46(32)48(33)43)31-13-11-30(12-14-31)35-18-19-37-26-38(21-20-36(37)25-35)45-29-53-24-4-23-51-50(53)52-45/h1-29H. The van der Waals surface area contributed by atoms with Gasteiger partial charge in [-0.15, -0.1) is 0 Å². The number of imidazole rings is 1. The first-order chi connectivity index (χ1) is 26.2. The number of benzene rings is 9. The first-order valence-electron chi connectivity index (χ1n) is 18.1. The monoisotopic (exact) mass is 671 g/mol. The molecule has 0 radical (unpaired) electrons. The van der Waals surface area contributed by atoms with Gasteiger partial charge in [0.25, 0.3) is 0 Å². The Morgan fingerprint density at radius 1 is 0.358 bits per heavy atom. The Labute approximate surface area is 304 Å². The minimum atomic E-state index is 0.707. The SMILES string of the molecule is c1cc2ccc3cccc4c5cc(-c6ccc(-c7ccc8cc(-c9cn%10cccnc%10n9)ccc8c7)cc6)cc6ccc7cccc(c(c1)c2c34)c7c65. The van der Waals surface area contributed by atoms with Gasteiger partial charge < -0.3 is 0 Å². The molecular formula is C50H29N3. The van der Waals surface area contributed by atoms with E-state index in [1.165, 1.54) is 97.7 Å². The summed E-state index contributed by atoms with van der Waals surface area (Å²) in [6.45, 7) is 0. The van der Waals surface area contributed by atoms with Gasteiger partial charge in [0.1, 0.15) is 0 Å². The zero-order valence-corrected chi connectivity index (χ0v) is 28.6. The van der Waals surface area contributed by atoms with E-state index in [0.717, 1.165) is 11.3 Å². The van der Waals surface area contributed by atoms with Crippen LogP contribution in [0.15, 0.2) is 176 Å². The van der Waals surface area contributed by atoms with Gasteiger partial charge >= 0.3 is 0 Å². The van der Waals surface area contributed by atoms with Crippen LogP contribution < -0.4 is 0 Å². The summed E-state index contributed by atoms with van der Waals surface area (Å²) in [4.78, 5) is 9.10. The lowest BCUT2D eigenvalue weighted by Gasteiger charge is -2.17. The molecule has 0 spiro atoms. The molecule has 12 rings (SSSR count). The van der Waals surface area contributed by atoms with Crippen LogP contribution in [0.3, 0.4) is 0 Å². The first kappa shape index (κ1) is 28.6. The maximum atomic E-state index is 4.72. The third-order valence-electron chi connectivity index (χ3n) is 11.3. The molecule has 0 aliphatic carbocycles. The van der Waals surface area contributed by atoms with Gasteiger partial charge in [0.05, 0.1) is 5.69 Å². The Morgan fingerprint density at radius 2 is 0.849 bits per heavy atom. The summed E-state index contributed by atoms with van der Waals surface area (Å²) in [7, 11) is 0. The van der Waals surface area contributed by atoms with Crippen molar-refractivity contribution in [1.82, 2.24) is 14.4 Å². The fourth-order valence-electron chi connectivity index (χ4n) is 8.86. The summed E-state index contributed by atoms with van der Waals surface area (Å²) >= 11 is 0. The molecule has 3 nitrogen and oxygen atoms in total. The number of hydrogen-bond acceptors (Lipinski definition) is 2. The highest BCUT2D eigenvalue weighted by atomic mass is 15.1. The van der Waals surface area contributed by atoms with Crippen molar-refractivity contribution in [3.8, 4) is 33.5 Å². The van der Waals surface area contributed by atoms with Crippen molar-refractivity contribution in [2.45, 2.75) is 0 Å². The van der Waals surface area contributed by atoms with Gasteiger partial charge in [0.15, 0.2) is 0 Å². The number of rotatable bonds is 3. The molecule has 3 heteroatoms. The summed E-state index contributed by atoms with van der Waals surface area (Å²) in [6, 6.07) is 58.6. The average Bonchev–Trinajstić information content (AvgIpc) is 3.66. The van der Waals surface area contributed by atoms with E-state index in [-0.39, 0.29) is 0 Å². The van der Waals surface area contributed by atoms with Crippen LogP contribution in [0.1, 0.15) is 0 Å². The van der Waals surface area contributed by atoms with Gasteiger partial charge in [-0.05, 0) is 128 Å². The molecule has 0 unspecified atom stereocenters. The first-order valence-corrected chi connectivity index (χ1v) is 18.1. The Hall–Kier alpha value is -7.10.